The molecule has 0 saturated carbocycles. The molecule has 0 aliphatic heterocycles. The van der Waals surface area contributed by atoms with Crippen molar-refractivity contribution in [2.45, 2.75) is 33.1 Å². The summed E-state index contributed by atoms with van der Waals surface area (Å²) in [5.41, 5.74) is 3.05. The first-order valence-electron chi connectivity index (χ1n) is 7.66. The predicted octanol–water partition coefficient (Wildman–Crippen LogP) is 4.27. The summed E-state index contributed by atoms with van der Waals surface area (Å²) in [7, 11) is 0. The Labute approximate surface area is 148 Å². The predicted molar refractivity (Wildman–Crippen MR) is 98.6 cm³/mol. The minimum Gasteiger partial charge on any atom is -0.300 e. The lowest BCUT2D eigenvalue weighted by Gasteiger charge is -1.99. The van der Waals surface area contributed by atoms with Gasteiger partial charge < -0.3 is 5.32 Å². The third-order valence-corrected chi connectivity index (χ3v) is 5.45. The summed E-state index contributed by atoms with van der Waals surface area (Å²) in [5.74, 6) is 0.186. The van der Waals surface area contributed by atoms with E-state index in [1.54, 1.807) is 11.3 Å². The highest BCUT2D eigenvalue weighted by Crippen LogP contribution is 2.25. The van der Waals surface area contributed by atoms with Crippen LogP contribution in [0.4, 0.5) is 5.13 Å². The molecule has 0 unspecified atom stereocenters. The Kier molecular flexibility index (Phi) is 5.01. The maximum Gasteiger partial charge on any atom is 0.232 e. The van der Waals surface area contributed by atoms with Gasteiger partial charge in [-0.05, 0) is 6.92 Å². The Morgan fingerprint density at radius 1 is 1.21 bits per heavy atom. The number of aromatic nitrogens is 3. The number of aryl methyl sites for hydroxylation is 1. The van der Waals surface area contributed by atoms with Crippen LogP contribution in [-0.2, 0) is 11.2 Å². The van der Waals surface area contributed by atoms with Crippen molar-refractivity contribution in [1.82, 2.24) is 15.2 Å². The fourth-order valence-corrected chi connectivity index (χ4v) is 3.65. The summed E-state index contributed by atoms with van der Waals surface area (Å²) in [4.78, 5) is 16.7. The first kappa shape index (κ1) is 16.7. The van der Waals surface area contributed by atoms with Crippen LogP contribution in [0.3, 0.4) is 0 Å². The summed E-state index contributed by atoms with van der Waals surface area (Å²) in [6.45, 7) is 6.15. The Morgan fingerprint density at radius 3 is 2.62 bits per heavy atom. The fourth-order valence-electron chi connectivity index (χ4n) is 2.06. The lowest BCUT2D eigenvalue weighted by atomic mass is 10.2. The van der Waals surface area contributed by atoms with Crippen LogP contribution in [0.1, 0.15) is 36.0 Å². The van der Waals surface area contributed by atoms with E-state index in [4.69, 9.17) is 0 Å². The van der Waals surface area contributed by atoms with Crippen LogP contribution < -0.4 is 5.32 Å². The zero-order valence-corrected chi connectivity index (χ0v) is 15.4. The molecule has 0 bridgehead atoms. The van der Waals surface area contributed by atoms with Crippen molar-refractivity contribution in [2.24, 2.45) is 0 Å². The average molecular weight is 358 g/mol. The molecule has 7 heteroatoms. The molecule has 2 heterocycles. The minimum absolute atomic E-state index is 0.123. The lowest BCUT2D eigenvalue weighted by Crippen LogP contribution is -2.14. The fraction of sp³-hybridized carbons (Fsp3) is 0.294. The molecular weight excluding hydrogens is 340 g/mol. The molecule has 0 aliphatic rings. The highest BCUT2D eigenvalue weighted by atomic mass is 32.1. The van der Waals surface area contributed by atoms with Crippen molar-refractivity contribution in [3.05, 3.63) is 45.9 Å². The molecule has 3 aromatic rings. The molecule has 2 aromatic heterocycles. The smallest absolute Gasteiger partial charge is 0.232 e. The monoisotopic (exact) mass is 358 g/mol. The molecule has 0 atom stereocenters. The van der Waals surface area contributed by atoms with Crippen molar-refractivity contribution in [3.8, 4) is 10.6 Å². The van der Waals surface area contributed by atoms with E-state index in [1.165, 1.54) is 16.9 Å². The molecular formula is C17H18N4OS2. The van der Waals surface area contributed by atoms with Gasteiger partial charge in [-0.15, -0.1) is 21.5 Å². The van der Waals surface area contributed by atoms with E-state index in [2.05, 4.69) is 39.6 Å². The van der Waals surface area contributed by atoms with Crippen LogP contribution in [-0.4, -0.2) is 21.1 Å². The number of carbonyl (C=O) groups excluding carboxylic acids is 1. The maximum atomic E-state index is 12.1. The van der Waals surface area contributed by atoms with E-state index >= 15 is 0 Å². The average Bonchev–Trinajstić information content (AvgIpc) is 3.17. The summed E-state index contributed by atoms with van der Waals surface area (Å²) in [5, 5.41) is 15.2. The molecule has 0 fully saturated rings. The Bertz CT molecular complexity index is 836. The third-order valence-electron chi connectivity index (χ3n) is 3.37. The van der Waals surface area contributed by atoms with Gasteiger partial charge in [-0.1, -0.05) is 55.0 Å². The van der Waals surface area contributed by atoms with Crippen LogP contribution in [0, 0.1) is 6.92 Å². The van der Waals surface area contributed by atoms with Gasteiger partial charge in [0.2, 0.25) is 11.0 Å². The second kappa shape index (κ2) is 7.19. The number of hydrogen-bond acceptors (Lipinski definition) is 6. The van der Waals surface area contributed by atoms with Crippen LogP contribution in [0.15, 0.2) is 29.6 Å². The molecule has 124 valence electrons. The molecule has 0 radical (unpaired) electrons. The highest BCUT2D eigenvalue weighted by molar-refractivity contribution is 7.15. The molecule has 1 N–H and O–H groups in total. The number of benzene rings is 1. The zero-order valence-electron chi connectivity index (χ0n) is 13.7. The standard InChI is InChI=1S/C17H18N4OS2/c1-10(2)15-20-21-17(24-15)19-14(22)8-13-9-23-16(18-13)12-6-4-11(3)5-7-12/h4-7,9-10H,8H2,1-3H3,(H,19,21,22). The van der Waals surface area contributed by atoms with Crippen LogP contribution in [0.25, 0.3) is 10.6 Å². The second-order valence-corrected chi connectivity index (χ2v) is 7.70. The van der Waals surface area contributed by atoms with Gasteiger partial charge in [0.25, 0.3) is 0 Å². The van der Waals surface area contributed by atoms with Crippen molar-refractivity contribution in [3.63, 3.8) is 0 Å². The van der Waals surface area contributed by atoms with Gasteiger partial charge in [-0.2, -0.15) is 0 Å². The van der Waals surface area contributed by atoms with Gasteiger partial charge in [-0.3, -0.25) is 4.79 Å². The van der Waals surface area contributed by atoms with Gasteiger partial charge in [0, 0.05) is 16.9 Å². The summed E-state index contributed by atoms with van der Waals surface area (Å²) >= 11 is 2.96. The molecule has 0 aliphatic carbocycles. The van der Waals surface area contributed by atoms with E-state index in [-0.39, 0.29) is 12.3 Å². The van der Waals surface area contributed by atoms with Gasteiger partial charge in [0.1, 0.15) is 10.0 Å². The van der Waals surface area contributed by atoms with Crippen LogP contribution in [0.5, 0.6) is 0 Å². The second-order valence-electron chi connectivity index (χ2n) is 5.84. The third kappa shape index (κ3) is 4.04. The van der Waals surface area contributed by atoms with Gasteiger partial charge in [-0.25, -0.2) is 4.98 Å². The zero-order chi connectivity index (χ0) is 17.1. The molecule has 1 amide bonds. The summed E-state index contributed by atoms with van der Waals surface area (Å²) in [6.07, 6.45) is 0.235. The van der Waals surface area contributed by atoms with Crippen molar-refractivity contribution < 1.29 is 4.79 Å². The minimum atomic E-state index is -0.123. The SMILES string of the molecule is Cc1ccc(-c2nc(CC(=O)Nc3nnc(C(C)C)s3)cs2)cc1. The van der Waals surface area contributed by atoms with Crippen LogP contribution in [0.2, 0.25) is 0 Å². The molecule has 0 spiro atoms. The topological polar surface area (TPSA) is 67.8 Å². The molecule has 3 rings (SSSR count). The molecule has 1 aromatic carbocycles. The Balaban J connectivity index is 1.63. The molecule has 5 nitrogen and oxygen atoms in total. The van der Waals surface area contributed by atoms with E-state index in [9.17, 15) is 4.79 Å². The highest BCUT2D eigenvalue weighted by Gasteiger charge is 2.13. The summed E-state index contributed by atoms with van der Waals surface area (Å²) < 4.78 is 0. The van der Waals surface area contributed by atoms with Gasteiger partial charge >= 0.3 is 0 Å². The first-order valence-corrected chi connectivity index (χ1v) is 9.35. The molecule has 0 saturated heterocycles. The quantitative estimate of drug-likeness (QED) is 0.739. The van der Waals surface area contributed by atoms with Gasteiger partial charge in [0.15, 0.2) is 0 Å². The number of anilines is 1. The number of amides is 1. The van der Waals surface area contributed by atoms with Crippen LogP contribution >= 0.6 is 22.7 Å². The summed E-state index contributed by atoms with van der Waals surface area (Å²) in [6, 6.07) is 8.22. The molecule has 24 heavy (non-hydrogen) atoms. The normalized spacial score (nSPS) is 11.0. The number of nitrogens with zero attached hydrogens (tertiary/aromatic N) is 3. The maximum absolute atomic E-state index is 12.1. The lowest BCUT2D eigenvalue weighted by molar-refractivity contribution is -0.115. The van der Waals surface area contributed by atoms with Crippen molar-refractivity contribution >= 4 is 33.7 Å². The largest absolute Gasteiger partial charge is 0.300 e. The van der Waals surface area contributed by atoms with E-state index in [0.29, 0.717) is 11.0 Å². The number of nitrogens with one attached hydrogen (secondary N) is 1. The number of hydrogen-bond donors (Lipinski definition) is 1. The Morgan fingerprint density at radius 2 is 1.96 bits per heavy atom. The number of rotatable bonds is 5. The van der Waals surface area contributed by atoms with Crippen molar-refractivity contribution in [1.29, 1.82) is 0 Å². The van der Waals surface area contributed by atoms with E-state index < -0.39 is 0 Å². The number of thiazole rings is 1. The van der Waals surface area contributed by atoms with Gasteiger partial charge in [0.05, 0.1) is 12.1 Å². The van der Waals surface area contributed by atoms with E-state index in [1.807, 2.05) is 31.4 Å². The van der Waals surface area contributed by atoms with Crippen molar-refractivity contribution in [2.75, 3.05) is 5.32 Å². The number of carbonyl (C=O) groups is 1. The van der Waals surface area contributed by atoms with E-state index in [0.717, 1.165) is 21.3 Å². The first-order chi connectivity index (χ1) is 11.5. The Hall–Kier alpha value is -2.12.